The van der Waals surface area contributed by atoms with Gasteiger partial charge in [0.05, 0.1) is 6.21 Å². The zero-order valence-corrected chi connectivity index (χ0v) is 23.0. The summed E-state index contributed by atoms with van der Waals surface area (Å²) < 4.78 is 5.57. The number of carbonyl (C=O) groups is 2. The summed E-state index contributed by atoms with van der Waals surface area (Å²) in [6, 6.07) is 33.4. The minimum atomic E-state index is -0.266. The Morgan fingerprint density at radius 2 is 1.56 bits per heavy atom. The molecule has 0 fully saturated rings. The van der Waals surface area contributed by atoms with Crippen molar-refractivity contribution in [3.05, 3.63) is 137 Å². The number of nitrogens with one attached hydrogen (secondary N) is 2. The maximum absolute atomic E-state index is 12.5. The van der Waals surface area contributed by atoms with Crippen molar-refractivity contribution in [2.24, 2.45) is 5.10 Å². The van der Waals surface area contributed by atoms with Crippen LogP contribution in [0.15, 0.2) is 108 Å². The molecule has 0 aromatic heterocycles. The van der Waals surface area contributed by atoms with Gasteiger partial charge in [-0.15, -0.1) is 0 Å². The molecule has 1 aliphatic heterocycles. The first kappa shape index (κ1) is 27.8. The van der Waals surface area contributed by atoms with Crippen LogP contribution in [-0.2, 0) is 30.7 Å². The number of ether oxygens (including phenoxy) is 1. The second-order valence-corrected chi connectivity index (χ2v) is 10.1. The van der Waals surface area contributed by atoms with Crippen molar-refractivity contribution in [2.75, 3.05) is 19.7 Å². The van der Waals surface area contributed by atoms with E-state index in [9.17, 15) is 9.59 Å². The fourth-order valence-electron chi connectivity index (χ4n) is 4.78. The SMILES string of the molecule is O=C(COc1ccc(/C=N\NC(=O)c2ccc(CN3CCc4ccccc4C3)cc2)cc1)NCCc1ccccc1. The van der Waals surface area contributed by atoms with E-state index in [0.717, 1.165) is 38.0 Å². The van der Waals surface area contributed by atoms with Crippen LogP contribution in [-0.4, -0.2) is 42.6 Å². The third kappa shape index (κ3) is 8.37. The number of nitrogens with zero attached hydrogens (tertiary/aromatic N) is 2. The maximum Gasteiger partial charge on any atom is 0.271 e. The lowest BCUT2D eigenvalue weighted by molar-refractivity contribution is -0.123. The number of amides is 2. The quantitative estimate of drug-likeness (QED) is 0.210. The average Bonchev–Trinajstić information content (AvgIpc) is 3.01. The molecule has 0 aliphatic carbocycles. The van der Waals surface area contributed by atoms with Crippen LogP contribution in [0.3, 0.4) is 0 Å². The molecule has 0 atom stereocenters. The second-order valence-electron chi connectivity index (χ2n) is 10.1. The van der Waals surface area contributed by atoms with Crippen LogP contribution in [0, 0.1) is 0 Å². The highest BCUT2D eigenvalue weighted by Gasteiger charge is 2.16. The van der Waals surface area contributed by atoms with Crippen molar-refractivity contribution < 1.29 is 14.3 Å². The van der Waals surface area contributed by atoms with Crippen molar-refractivity contribution >= 4 is 18.0 Å². The van der Waals surface area contributed by atoms with Gasteiger partial charge in [-0.25, -0.2) is 5.43 Å². The minimum Gasteiger partial charge on any atom is -0.484 e. The van der Waals surface area contributed by atoms with Gasteiger partial charge in [0.15, 0.2) is 6.61 Å². The Bertz CT molecular complexity index is 1470. The molecule has 2 N–H and O–H groups in total. The lowest BCUT2D eigenvalue weighted by Crippen LogP contribution is -2.30. The van der Waals surface area contributed by atoms with Gasteiger partial charge in [-0.05, 0) is 77.1 Å². The summed E-state index contributed by atoms with van der Waals surface area (Å²) in [5.74, 6) is 0.149. The van der Waals surface area contributed by atoms with Gasteiger partial charge in [0.25, 0.3) is 11.8 Å². The number of benzene rings is 4. The summed E-state index contributed by atoms with van der Waals surface area (Å²) in [5.41, 5.74) is 9.12. The van der Waals surface area contributed by atoms with Crippen LogP contribution in [0.1, 0.15) is 38.2 Å². The van der Waals surface area contributed by atoms with E-state index < -0.39 is 0 Å². The highest BCUT2D eigenvalue weighted by atomic mass is 16.5. The van der Waals surface area contributed by atoms with Crippen molar-refractivity contribution in [1.29, 1.82) is 0 Å². The van der Waals surface area contributed by atoms with Crippen LogP contribution in [0.2, 0.25) is 0 Å². The van der Waals surface area contributed by atoms with E-state index in [1.54, 1.807) is 18.3 Å². The Hall–Kier alpha value is -4.75. The predicted octanol–water partition coefficient (Wildman–Crippen LogP) is 4.75. The molecule has 208 valence electrons. The number of carbonyl (C=O) groups excluding carboxylic acids is 2. The lowest BCUT2D eigenvalue weighted by atomic mass is 9.99. The standard InChI is InChI=1S/C34H34N4O3/c39-33(35-20-18-26-6-2-1-3-7-26)25-41-32-16-12-27(13-17-32)22-36-37-34(40)30-14-10-28(11-15-30)23-38-21-19-29-8-4-5-9-31(29)24-38/h1-17,22H,18-21,23-25H2,(H,35,39)(H,37,40)/b36-22-. The third-order valence-corrected chi connectivity index (χ3v) is 7.04. The van der Waals surface area contributed by atoms with Crippen molar-refractivity contribution in [2.45, 2.75) is 25.9 Å². The predicted molar refractivity (Wildman–Crippen MR) is 161 cm³/mol. The van der Waals surface area contributed by atoms with E-state index >= 15 is 0 Å². The molecule has 7 nitrogen and oxygen atoms in total. The Morgan fingerprint density at radius 1 is 0.829 bits per heavy atom. The summed E-state index contributed by atoms with van der Waals surface area (Å²) in [6.45, 7) is 3.35. The zero-order valence-electron chi connectivity index (χ0n) is 23.0. The fraction of sp³-hybridized carbons (Fsp3) is 0.206. The molecule has 2 amide bonds. The van der Waals surface area contributed by atoms with Crippen molar-refractivity contribution in [3.63, 3.8) is 0 Å². The van der Waals surface area contributed by atoms with Gasteiger partial charge >= 0.3 is 0 Å². The first-order chi connectivity index (χ1) is 20.1. The molecule has 0 bridgehead atoms. The Labute approximate surface area is 240 Å². The molecule has 5 rings (SSSR count). The van der Waals surface area contributed by atoms with E-state index in [1.807, 2.05) is 66.7 Å². The van der Waals surface area contributed by atoms with Gasteiger partial charge in [-0.2, -0.15) is 5.10 Å². The molecule has 7 heteroatoms. The van der Waals surface area contributed by atoms with E-state index in [1.165, 1.54) is 22.3 Å². The molecule has 1 heterocycles. The van der Waals surface area contributed by atoms with Gasteiger partial charge in [-0.3, -0.25) is 14.5 Å². The smallest absolute Gasteiger partial charge is 0.271 e. The fourth-order valence-corrected chi connectivity index (χ4v) is 4.78. The first-order valence-corrected chi connectivity index (χ1v) is 13.9. The summed E-state index contributed by atoms with van der Waals surface area (Å²) in [5, 5.41) is 6.94. The number of hydrogen-bond donors (Lipinski definition) is 2. The zero-order chi connectivity index (χ0) is 28.3. The van der Waals surface area contributed by atoms with E-state index in [4.69, 9.17) is 4.74 Å². The van der Waals surface area contributed by atoms with E-state index in [-0.39, 0.29) is 18.4 Å². The second kappa shape index (κ2) is 14.1. The highest BCUT2D eigenvalue weighted by Crippen LogP contribution is 2.20. The minimum absolute atomic E-state index is 0.0525. The Kier molecular flexibility index (Phi) is 9.53. The number of hydrazone groups is 1. The van der Waals surface area contributed by atoms with Gasteiger partial charge in [0.1, 0.15) is 5.75 Å². The summed E-state index contributed by atoms with van der Waals surface area (Å²) in [7, 11) is 0. The van der Waals surface area contributed by atoms with Crippen molar-refractivity contribution in [1.82, 2.24) is 15.6 Å². The summed E-state index contributed by atoms with van der Waals surface area (Å²) >= 11 is 0. The summed E-state index contributed by atoms with van der Waals surface area (Å²) in [6.07, 6.45) is 3.41. The summed E-state index contributed by atoms with van der Waals surface area (Å²) in [4.78, 5) is 27.0. The number of fused-ring (bicyclic) bond motifs is 1. The molecule has 0 saturated heterocycles. The molecule has 0 unspecified atom stereocenters. The lowest BCUT2D eigenvalue weighted by Gasteiger charge is -2.28. The van der Waals surface area contributed by atoms with E-state index in [0.29, 0.717) is 17.9 Å². The van der Waals surface area contributed by atoms with Crippen LogP contribution >= 0.6 is 0 Å². The largest absolute Gasteiger partial charge is 0.484 e. The van der Waals surface area contributed by atoms with Crippen LogP contribution < -0.4 is 15.5 Å². The molecular formula is C34H34N4O3. The van der Waals surface area contributed by atoms with E-state index in [2.05, 4.69) is 45.0 Å². The maximum atomic E-state index is 12.5. The molecule has 4 aromatic rings. The molecule has 0 radical (unpaired) electrons. The van der Waals surface area contributed by atoms with Gasteiger partial charge < -0.3 is 10.1 Å². The highest BCUT2D eigenvalue weighted by molar-refractivity contribution is 5.94. The molecule has 41 heavy (non-hydrogen) atoms. The topological polar surface area (TPSA) is 83.0 Å². The third-order valence-electron chi connectivity index (χ3n) is 7.04. The van der Waals surface area contributed by atoms with Gasteiger partial charge in [0.2, 0.25) is 0 Å². The molecule has 4 aromatic carbocycles. The van der Waals surface area contributed by atoms with Crippen molar-refractivity contribution in [3.8, 4) is 5.75 Å². The van der Waals surface area contributed by atoms with Crippen LogP contribution in [0.25, 0.3) is 0 Å². The monoisotopic (exact) mass is 546 g/mol. The molecule has 1 aliphatic rings. The van der Waals surface area contributed by atoms with Crippen LogP contribution in [0.4, 0.5) is 0 Å². The molecular weight excluding hydrogens is 512 g/mol. The first-order valence-electron chi connectivity index (χ1n) is 13.9. The van der Waals surface area contributed by atoms with Gasteiger partial charge in [0, 0.05) is 31.7 Å². The number of hydrogen-bond acceptors (Lipinski definition) is 5. The molecule has 0 spiro atoms. The normalized spacial score (nSPS) is 13.0. The Balaban J connectivity index is 1.02. The Morgan fingerprint density at radius 3 is 2.34 bits per heavy atom. The van der Waals surface area contributed by atoms with Crippen LogP contribution in [0.5, 0.6) is 5.75 Å². The average molecular weight is 547 g/mol. The van der Waals surface area contributed by atoms with Gasteiger partial charge in [-0.1, -0.05) is 66.7 Å². The molecule has 0 saturated carbocycles. The number of rotatable bonds is 11.